The number of primary amides is 1. The number of nitrogens with two attached hydrogens (primary N) is 2. The fourth-order valence-electron chi connectivity index (χ4n) is 1.71. The molecule has 2 aromatic rings. The topological polar surface area (TPSA) is 81.1 Å². The lowest BCUT2D eigenvalue weighted by atomic mass is 10.1. The first-order valence-electron chi connectivity index (χ1n) is 5.71. The Hall–Kier alpha value is -2.08. The minimum atomic E-state index is -0.668. The van der Waals surface area contributed by atoms with Gasteiger partial charge in [0.1, 0.15) is 5.82 Å². The van der Waals surface area contributed by atoms with Gasteiger partial charge in [0, 0.05) is 12.2 Å². The Morgan fingerprint density at radius 2 is 2.21 bits per heavy atom. The summed E-state index contributed by atoms with van der Waals surface area (Å²) in [6.07, 6.45) is 0.777. The van der Waals surface area contributed by atoms with Gasteiger partial charge in [-0.15, -0.1) is 0 Å². The molecule has 1 aromatic heterocycles. The summed E-state index contributed by atoms with van der Waals surface area (Å²) in [5.74, 6) is -1.16. The van der Waals surface area contributed by atoms with E-state index in [9.17, 15) is 9.18 Å². The Balaban J connectivity index is 2.07. The smallest absolute Gasteiger partial charge is 0.250 e. The maximum atomic E-state index is 13.7. The largest absolute Gasteiger partial charge is 0.398 e. The minimum Gasteiger partial charge on any atom is -0.398 e. The van der Waals surface area contributed by atoms with Gasteiger partial charge in [-0.05, 0) is 40.9 Å². The number of carbonyl (C=O) groups excluding carboxylic acids is 1. The molecule has 0 atom stereocenters. The van der Waals surface area contributed by atoms with Gasteiger partial charge in [-0.2, -0.15) is 11.3 Å². The fraction of sp³-hybridized carbons (Fsp3) is 0.154. The molecule has 5 N–H and O–H groups in total. The summed E-state index contributed by atoms with van der Waals surface area (Å²) >= 11 is 1.62. The van der Waals surface area contributed by atoms with Crippen molar-refractivity contribution in [1.29, 1.82) is 0 Å². The van der Waals surface area contributed by atoms with Crippen molar-refractivity contribution < 1.29 is 9.18 Å². The van der Waals surface area contributed by atoms with E-state index >= 15 is 0 Å². The molecule has 1 amide bonds. The molecular formula is C13H14FN3OS. The van der Waals surface area contributed by atoms with E-state index in [0.717, 1.165) is 12.5 Å². The van der Waals surface area contributed by atoms with Crippen LogP contribution in [0.4, 0.5) is 15.8 Å². The molecule has 0 fully saturated rings. The molecule has 0 saturated heterocycles. The van der Waals surface area contributed by atoms with Crippen LogP contribution in [0.15, 0.2) is 29.0 Å². The van der Waals surface area contributed by atoms with Crippen LogP contribution in [0.25, 0.3) is 0 Å². The molecule has 6 heteroatoms. The average molecular weight is 279 g/mol. The van der Waals surface area contributed by atoms with Crippen molar-refractivity contribution >= 4 is 28.6 Å². The van der Waals surface area contributed by atoms with Crippen LogP contribution in [0, 0.1) is 5.82 Å². The lowest BCUT2D eigenvalue weighted by Crippen LogP contribution is -2.15. The van der Waals surface area contributed by atoms with Gasteiger partial charge in [-0.3, -0.25) is 4.79 Å². The molecular weight excluding hydrogens is 265 g/mol. The Labute approximate surface area is 114 Å². The molecule has 0 saturated carbocycles. The van der Waals surface area contributed by atoms with E-state index in [1.807, 2.05) is 16.8 Å². The Morgan fingerprint density at radius 3 is 2.84 bits per heavy atom. The summed E-state index contributed by atoms with van der Waals surface area (Å²) in [7, 11) is 0. The number of thiophene rings is 1. The monoisotopic (exact) mass is 279 g/mol. The number of anilines is 2. The van der Waals surface area contributed by atoms with Crippen molar-refractivity contribution in [3.05, 3.63) is 45.9 Å². The average Bonchev–Trinajstić information content (AvgIpc) is 2.84. The zero-order valence-electron chi connectivity index (χ0n) is 10.2. The highest BCUT2D eigenvalue weighted by molar-refractivity contribution is 7.07. The summed E-state index contributed by atoms with van der Waals surface area (Å²) in [4.78, 5) is 11.1. The lowest BCUT2D eigenvalue weighted by molar-refractivity contribution is 0.100. The number of hydrogen-bond donors (Lipinski definition) is 3. The van der Waals surface area contributed by atoms with E-state index in [-0.39, 0.29) is 16.9 Å². The zero-order chi connectivity index (χ0) is 13.8. The summed E-state index contributed by atoms with van der Waals surface area (Å²) in [5.41, 5.74) is 12.3. The Morgan fingerprint density at radius 1 is 1.42 bits per heavy atom. The molecule has 0 radical (unpaired) electrons. The molecule has 0 aliphatic heterocycles. The van der Waals surface area contributed by atoms with E-state index in [4.69, 9.17) is 11.5 Å². The van der Waals surface area contributed by atoms with Crippen LogP contribution in [0.3, 0.4) is 0 Å². The Bertz CT molecular complexity index is 584. The number of benzene rings is 1. The van der Waals surface area contributed by atoms with Crippen LogP contribution >= 0.6 is 11.3 Å². The number of carbonyl (C=O) groups is 1. The highest BCUT2D eigenvalue weighted by Gasteiger charge is 2.11. The van der Waals surface area contributed by atoms with Crippen LogP contribution in [0.2, 0.25) is 0 Å². The summed E-state index contributed by atoms with van der Waals surface area (Å²) in [5, 5.41) is 6.97. The van der Waals surface area contributed by atoms with E-state index < -0.39 is 11.7 Å². The second kappa shape index (κ2) is 5.71. The number of amides is 1. The van der Waals surface area contributed by atoms with Crippen molar-refractivity contribution in [3.63, 3.8) is 0 Å². The fourth-order valence-corrected chi connectivity index (χ4v) is 2.42. The van der Waals surface area contributed by atoms with Crippen LogP contribution in [0.1, 0.15) is 15.9 Å². The van der Waals surface area contributed by atoms with Gasteiger partial charge in [0.15, 0.2) is 0 Å². The minimum absolute atomic E-state index is 0.0494. The van der Waals surface area contributed by atoms with Crippen LogP contribution < -0.4 is 16.8 Å². The molecule has 0 aliphatic rings. The van der Waals surface area contributed by atoms with Crippen molar-refractivity contribution in [2.24, 2.45) is 5.73 Å². The first-order chi connectivity index (χ1) is 9.08. The molecule has 4 nitrogen and oxygen atoms in total. The third-order valence-corrected chi connectivity index (χ3v) is 3.45. The van der Waals surface area contributed by atoms with Gasteiger partial charge >= 0.3 is 0 Å². The Kier molecular flexibility index (Phi) is 4.01. The second-order valence-electron chi connectivity index (χ2n) is 4.09. The molecule has 1 aromatic carbocycles. The maximum Gasteiger partial charge on any atom is 0.250 e. The van der Waals surface area contributed by atoms with E-state index in [1.165, 1.54) is 11.6 Å². The van der Waals surface area contributed by atoms with Gasteiger partial charge < -0.3 is 16.8 Å². The molecule has 100 valence electrons. The first kappa shape index (κ1) is 13.4. The number of hydrogen-bond acceptors (Lipinski definition) is 4. The van der Waals surface area contributed by atoms with Crippen molar-refractivity contribution in [2.75, 3.05) is 17.6 Å². The van der Waals surface area contributed by atoms with Crippen LogP contribution in [-0.4, -0.2) is 12.5 Å². The summed E-state index contributed by atoms with van der Waals surface area (Å²) in [6.45, 7) is 0.565. The third-order valence-electron chi connectivity index (χ3n) is 2.71. The first-order valence-corrected chi connectivity index (χ1v) is 6.66. The molecule has 0 unspecified atom stereocenters. The summed E-state index contributed by atoms with van der Waals surface area (Å²) < 4.78 is 13.7. The van der Waals surface area contributed by atoms with Gasteiger partial charge in [-0.25, -0.2) is 4.39 Å². The molecule has 1 heterocycles. The van der Waals surface area contributed by atoms with E-state index in [2.05, 4.69) is 5.32 Å². The zero-order valence-corrected chi connectivity index (χ0v) is 11.0. The van der Waals surface area contributed by atoms with Crippen LogP contribution in [-0.2, 0) is 6.42 Å². The quantitative estimate of drug-likeness (QED) is 0.734. The number of rotatable bonds is 5. The van der Waals surface area contributed by atoms with Crippen molar-refractivity contribution in [1.82, 2.24) is 0 Å². The van der Waals surface area contributed by atoms with E-state index in [0.29, 0.717) is 6.54 Å². The SMILES string of the molecule is NC(=O)c1cc(NCCc2ccsc2)c(F)cc1N. The third kappa shape index (κ3) is 3.23. The maximum absolute atomic E-state index is 13.7. The van der Waals surface area contributed by atoms with Gasteiger partial charge in [0.2, 0.25) is 0 Å². The van der Waals surface area contributed by atoms with Crippen LogP contribution in [0.5, 0.6) is 0 Å². The predicted molar refractivity (Wildman–Crippen MR) is 75.8 cm³/mol. The van der Waals surface area contributed by atoms with Gasteiger partial charge in [0.05, 0.1) is 11.3 Å². The normalized spacial score (nSPS) is 10.4. The van der Waals surface area contributed by atoms with Crippen molar-refractivity contribution in [3.8, 4) is 0 Å². The number of nitrogens with one attached hydrogen (secondary N) is 1. The number of nitrogen functional groups attached to an aromatic ring is 1. The molecule has 0 bridgehead atoms. The molecule has 0 spiro atoms. The van der Waals surface area contributed by atoms with Crippen molar-refractivity contribution in [2.45, 2.75) is 6.42 Å². The second-order valence-corrected chi connectivity index (χ2v) is 4.87. The predicted octanol–water partition coefficient (Wildman–Crippen LogP) is 2.22. The molecule has 0 aliphatic carbocycles. The molecule has 2 rings (SSSR count). The highest BCUT2D eigenvalue weighted by Crippen LogP contribution is 2.22. The van der Waals surface area contributed by atoms with E-state index in [1.54, 1.807) is 11.3 Å². The highest BCUT2D eigenvalue weighted by atomic mass is 32.1. The van der Waals surface area contributed by atoms with Gasteiger partial charge in [-0.1, -0.05) is 0 Å². The lowest BCUT2D eigenvalue weighted by Gasteiger charge is -2.10. The number of halogens is 1. The standard InChI is InChI=1S/C13H14FN3OS/c14-10-6-11(15)9(13(16)18)5-12(10)17-3-1-8-2-4-19-7-8/h2,4-7,17H,1,3,15H2,(H2,16,18). The van der Waals surface area contributed by atoms with Gasteiger partial charge in [0.25, 0.3) is 5.91 Å². The summed E-state index contributed by atoms with van der Waals surface area (Å²) in [6, 6.07) is 4.47. The molecule has 19 heavy (non-hydrogen) atoms.